The standard InChI is InChI=1S/C28H37N3O4/c1-4-5-15-31-24(26(33)29-19-9-7-6-8-10-19)28-14-13-21(35-28)22(23(28)27(31)34)25(32)30-20-12-11-17(2)18(3)16-20/h11-14,16,19,21-24H,4-10,15H2,1-3H3,(H,29,33)(H,30,32)/t21-,22-,23-,24-,28+/m1/s1. The van der Waals surface area contributed by atoms with Crippen molar-refractivity contribution in [2.75, 3.05) is 11.9 Å². The first-order valence-electron chi connectivity index (χ1n) is 13.2. The number of fused-ring (bicyclic) bond motifs is 1. The fourth-order valence-electron chi connectivity index (χ4n) is 6.41. The number of benzene rings is 1. The van der Waals surface area contributed by atoms with Crippen LogP contribution >= 0.6 is 0 Å². The van der Waals surface area contributed by atoms with E-state index in [2.05, 4.69) is 17.6 Å². The van der Waals surface area contributed by atoms with E-state index in [0.29, 0.717) is 12.2 Å². The molecule has 7 heteroatoms. The van der Waals surface area contributed by atoms with E-state index < -0.39 is 29.6 Å². The van der Waals surface area contributed by atoms with Gasteiger partial charge in [-0.05, 0) is 56.4 Å². The van der Waals surface area contributed by atoms with Gasteiger partial charge < -0.3 is 20.3 Å². The summed E-state index contributed by atoms with van der Waals surface area (Å²) < 4.78 is 6.41. The predicted octanol–water partition coefficient (Wildman–Crippen LogP) is 3.64. The van der Waals surface area contributed by atoms with Crippen LogP contribution in [-0.2, 0) is 19.1 Å². The third kappa shape index (κ3) is 4.07. The summed E-state index contributed by atoms with van der Waals surface area (Å²) in [6, 6.07) is 5.19. The third-order valence-electron chi connectivity index (χ3n) is 8.40. The maximum absolute atomic E-state index is 13.8. The number of nitrogens with one attached hydrogen (secondary N) is 2. The van der Waals surface area contributed by atoms with Crippen molar-refractivity contribution in [3.8, 4) is 0 Å². The van der Waals surface area contributed by atoms with Gasteiger partial charge >= 0.3 is 0 Å². The number of ether oxygens (including phenoxy) is 1. The maximum Gasteiger partial charge on any atom is 0.246 e. The Hall–Kier alpha value is -2.67. The highest BCUT2D eigenvalue weighted by atomic mass is 16.5. The number of likely N-dealkylation sites (tertiary alicyclic amines) is 1. The SMILES string of the molecule is CCCCN1C(=O)[C@H]2[C@H](C(=O)Nc3ccc(C)c(C)c3)[C@H]3C=C[C@@]2(O3)[C@H]1C(=O)NC1CCCCC1. The molecule has 188 valence electrons. The fourth-order valence-corrected chi connectivity index (χ4v) is 6.41. The molecule has 3 fully saturated rings. The van der Waals surface area contributed by atoms with Crippen LogP contribution in [0.2, 0.25) is 0 Å². The zero-order valence-electron chi connectivity index (χ0n) is 21.0. The van der Waals surface area contributed by atoms with Crippen molar-refractivity contribution in [3.05, 3.63) is 41.5 Å². The van der Waals surface area contributed by atoms with Crippen LogP contribution in [0.5, 0.6) is 0 Å². The average molecular weight is 480 g/mol. The molecule has 1 aromatic carbocycles. The van der Waals surface area contributed by atoms with Crippen LogP contribution in [0.1, 0.15) is 63.0 Å². The number of anilines is 1. The van der Waals surface area contributed by atoms with Gasteiger partial charge in [0.15, 0.2) is 0 Å². The normalized spacial score (nSPS) is 31.6. The number of unbranched alkanes of at least 4 members (excludes halogenated alkanes) is 1. The molecule has 3 heterocycles. The lowest BCUT2D eigenvalue weighted by molar-refractivity contribution is -0.141. The molecule has 1 aliphatic carbocycles. The average Bonchev–Trinajstić information content (AvgIpc) is 3.48. The highest BCUT2D eigenvalue weighted by molar-refractivity contribution is 6.02. The van der Waals surface area contributed by atoms with Crippen molar-refractivity contribution in [3.63, 3.8) is 0 Å². The summed E-state index contributed by atoms with van der Waals surface area (Å²) in [6.07, 6.45) is 10.3. The van der Waals surface area contributed by atoms with E-state index in [0.717, 1.165) is 49.7 Å². The minimum atomic E-state index is -1.08. The molecular weight excluding hydrogens is 442 g/mol. The zero-order chi connectivity index (χ0) is 24.7. The van der Waals surface area contributed by atoms with Crippen molar-refractivity contribution in [2.45, 2.75) is 89.5 Å². The second-order valence-electron chi connectivity index (χ2n) is 10.7. The van der Waals surface area contributed by atoms with E-state index in [1.165, 1.54) is 6.42 Å². The van der Waals surface area contributed by atoms with Gasteiger partial charge in [0, 0.05) is 18.3 Å². The summed E-state index contributed by atoms with van der Waals surface area (Å²) in [5.41, 5.74) is 1.86. The Morgan fingerprint density at radius 3 is 2.60 bits per heavy atom. The number of nitrogens with zero attached hydrogens (tertiary/aromatic N) is 1. The van der Waals surface area contributed by atoms with Crippen LogP contribution in [-0.4, -0.2) is 53.0 Å². The van der Waals surface area contributed by atoms with Crippen LogP contribution in [0, 0.1) is 25.7 Å². The lowest BCUT2D eigenvalue weighted by Crippen LogP contribution is -2.56. The summed E-state index contributed by atoms with van der Waals surface area (Å²) in [7, 11) is 0. The smallest absolute Gasteiger partial charge is 0.246 e. The molecule has 3 aliphatic heterocycles. The van der Waals surface area contributed by atoms with Crippen LogP contribution in [0.25, 0.3) is 0 Å². The van der Waals surface area contributed by atoms with Crippen molar-refractivity contribution >= 4 is 23.4 Å². The first-order valence-corrected chi connectivity index (χ1v) is 13.2. The maximum atomic E-state index is 13.8. The number of hydrogen-bond acceptors (Lipinski definition) is 4. The van der Waals surface area contributed by atoms with Gasteiger partial charge in [-0.15, -0.1) is 0 Å². The van der Waals surface area contributed by atoms with Crippen LogP contribution in [0.4, 0.5) is 5.69 Å². The lowest BCUT2D eigenvalue weighted by atomic mass is 9.74. The van der Waals surface area contributed by atoms with Gasteiger partial charge in [-0.3, -0.25) is 14.4 Å². The Morgan fingerprint density at radius 1 is 1.11 bits per heavy atom. The molecule has 4 aliphatic rings. The molecule has 7 nitrogen and oxygen atoms in total. The Bertz CT molecular complexity index is 1050. The van der Waals surface area contributed by atoms with Crippen molar-refractivity contribution in [1.82, 2.24) is 10.2 Å². The molecule has 3 amide bonds. The second kappa shape index (κ2) is 9.41. The van der Waals surface area contributed by atoms with Crippen LogP contribution in [0.3, 0.4) is 0 Å². The topological polar surface area (TPSA) is 87.7 Å². The quantitative estimate of drug-likeness (QED) is 0.585. The molecule has 1 saturated carbocycles. The number of carbonyl (C=O) groups is 3. The summed E-state index contributed by atoms with van der Waals surface area (Å²) in [5, 5.41) is 6.24. The van der Waals surface area contributed by atoms with E-state index >= 15 is 0 Å². The number of amides is 3. The monoisotopic (exact) mass is 479 g/mol. The molecule has 35 heavy (non-hydrogen) atoms. The summed E-state index contributed by atoms with van der Waals surface area (Å²) in [5.74, 6) is -1.88. The Labute approximate surface area is 207 Å². The van der Waals surface area contributed by atoms with E-state index in [1.807, 2.05) is 44.2 Å². The molecule has 0 aromatic heterocycles. The molecule has 2 N–H and O–H groups in total. The number of aryl methyl sites for hydroxylation is 2. The van der Waals surface area contributed by atoms with Gasteiger partial charge in [-0.25, -0.2) is 0 Å². The highest BCUT2D eigenvalue weighted by Crippen LogP contribution is 2.55. The molecular formula is C28H37N3O4. The molecule has 5 rings (SSSR count). The van der Waals surface area contributed by atoms with E-state index in [1.54, 1.807) is 4.90 Å². The Balaban J connectivity index is 1.42. The number of rotatable bonds is 7. The minimum Gasteiger partial charge on any atom is -0.359 e. The first kappa shape index (κ1) is 24.0. The molecule has 0 radical (unpaired) electrons. The van der Waals surface area contributed by atoms with Gasteiger partial charge in [-0.2, -0.15) is 0 Å². The van der Waals surface area contributed by atoms with Crippen molar-refractivity contribution < 1.29 is 19.1 Å². The van der Waals surface area contributed by atoms with E-state index in [4.69, 9.17) is 4.74 Å². The van der Waals surface area contributed by atoms with Gasteiger partial charge in [0.1, 0.15) is 11.6 Å². The molecule has 1 aromatic rings. The van der Waals surface area contributed by atoms with Gasteiger partial charge in [0.05, 0.1) is 17.9 Å². The van der Waals surface area contributed by atoms with E-state index in [-0.39, 0.29) is 23.8 Å². The first-order chi connectivity index (χ1) is 16.9. The summed E-state index contributed by atoms with van der Waals surface area (Å²) >= 11 is 0. The van der Waals surface area contributed by atoms with Gasteiger partial charge in [0.2, 0.25) is 17.7 Å². The highest BCUT2D eigenvalue weighted by Gasteiger charge is 2.72. The molecule has 2 saturated heterocycles. The van der Waals surface area contributed by atoms with E-state index in [9.17, 15) is 14.4 Å². The Morgan fingerprint density at radius 2 is 1.89 bits per heavy atom. The van der Waals surface area contributed by atoms with Crippen molar-refractivity contribution in [1.29, 1.82) is 0 Å². The minimum absolute atomic E-state index is 0.140. The molecule has 0 unspecified atom stereocenters. The number of carbonyl (C=O) groups excluding carboxylic acids is 3. The van der Waals surface area contributed by atoms with Crippen molar-refractivity contribution in [2.24, 2.45) is 11.8 Å². The largest absolute Gasteiger partial charge is 0.359 e. The van der Waals surface area contributed by atoms with Crippen LogP contribution in [0.15, 0.2) is 30.4 Å². The fraction of sp³-hybridized carbons (Fsp3) is 0.607. The third-order valence-corrected chi connectivity index (χ3v) is 8.40. The molecule has 1 spiro atoms. The molecule has 2 bridgehead atoms. The lowest BCUT2D eigenvalue weighted by Gasteiger charge is -2.34. The van der Waals surface area contributed by atoms with Gasteiger partial charge in [-0.1, -0.05) is 50.8 Å². The predicted molar refractivity (Wildman–Crippen MR) is 134 cm³/mol. The number of hydrogen-bond donors (Lipinski definition) is 2. The van der Waals surface area contributed by atoms with Gasteiger partial charge in [0.25, 0.3) is 0 Å². The Kier molecular flexibility index (Phi) is 6.47. The zero-order valence-corrected chi connectivity index (χ0v) is 21.0. The summed E-state index contributed by atoms with van der Waals surface area (Å²) in [6.45, 7) is 6.59. The summed E-state index contributed by atoms with van der Waals surface area (Å²) in [4.78, 5) is 42.7. The van der Waals surface area contributed by atoms with Crippen LogP contribution < -0.4 is 10.6 Å². The molecule has 5 atom stereocenters. The second-order valence-corrected chi connectivity index (χ2v) is 10.7.